The Bertz CT molecular complexity index is 654. The molecule has 0 aliphatic rings. The molecule has 0 aromatic heterocycles. The summed E-state index contributed by atoms with van der Waals surface area (Å²) in [5.74, 6) is 0. The summed E-state index contributed by atoms with van der Waals surface area (Å²) in [6, 6.07) is 19.9. The van der Waals surface area contributed by atoms with Crippen LogP contribution in [0, 0.1) is 5.41 Å². The van der Waals surface area contributed by atoms with Gasteiger partial charge < -0.3 is 0 Å². The predicted octanol–water partition coefficient (Wildman–Crippen LogP) is 6.92. The Morgan fingerprint density at radius 2 is 1.04 bits per heavy atom. The molecule has 2 aromatic rings. The number of hydrogen-bond donors (Lipinski definition) is 0. The van der Waals surface area contributed by atoms with E-state index in [0.717, 1.165) is 6.42 Å². The molecule has 0 spiro atoms. The van der Waals surface area contributed by atoms with Crippen molar-refractivity contribution in [1.29, 1.82) is 0 Å². The second-order valence-corrected chi connectivity index (χ2v) is 9.71. The molecule has 0 amide bonds. The standard InChI is InChI=1S/C24H34/c1-22(2,3)18-24(6,7)21-16-12-11-15-20(21)23(4,5)17-19-13-9-8-10-14-19/h8-16H,17-18H2,1-7H3. The Morgan fingerprint density at radius 3 is 1.54 bits per heavy atom. The maximum absolute atomic E-state index is 2.40. The minimum atomic E-state index is 0.118. The quantitative estimate of drug-likeness (QED) is 0.560. The molecular weight excluding hydrogens is 288 g/mol. The van der Waals surface area contributed by atoms with Crippen molar-refractivity contribution in [1.82, 2.24) is 0 Å². The first kappa shape index (κ1) is 18.8. The summed E-state index contributed by atoms with van der Waals surface area (Å²) < 4.78 is 0. The first-order valence-electron chi connectivity index (χ1n) is 9.15. The molecule has 0 aliphatic heterocycles. The summed E-state index contributed by atoms with van der Waals surface area (Å²) in [5.41, 5.74) is 5.01. The summed E-state index contributed by atoms with van der Waals surface area (Å²) in [6.07, 6.45) is 2.24. The van der Waals surface area contributed by atoms with Gasteiger partial charge in [-0.1, -0.05) is 103 Å². The summed E-state index contributed by atoms with van der Waals surface area (Å²) in [4.78, 5) is 0. The van der Waals surface area contributed by atoms with Crippen LogP contribution in [0.1, 0.15) is 71.6 Å². The van der Waals surface area contributed by atoms with Gasteiger partial charge in [0.25, 0.3) is 0 Å². The van der Waals surface area contributed by atoms with Crippen molar-refractivity contribution in [3.8, 4) is 0 Å². The average molecular weight is 323 g/mol. The van der Waals surface area contributed by atoms with Crippen LogP contribution in [0.25, 0.3) is 0 Å². The van der Waals surface area contributed by atoms with Gasteiger partial charge in [-0.3, -0.25) is 0 Å². The van der Waals surface area contributed by atoms with Gasteiger partial charge in [-0.05, 0) is 45.8 Å². The van der Waals surface area contributed by atoms with Crippen LogP contribution in [0.4, 0.5) is 0 Å². The SMILES string of the molecule is CC(C)(C)CC(C)(C)c1ccccc1C(C)(C)Cc1ccccc1. The Labute approximate surface area is 149 Å². The molecule has 0 saturated carbocycles. The lowest BCUT2D eigenvalue weighted by Gasteiger charge is -2.38. The zero-order valence-electron chi connectivity index (χ0n) is 16.6. The van der Waals surface area contributed by atoms with Crippen molar-refractivity contribution in [2.24, 2.45) is 5.41 Å². The van der Waals surface area contributed by atoms with Crippen molar-refractivity contribution in [2.75, 3.05) is 0 Å². The molecule has 130 valence electrons. The Hall–Kier alpha value is -1.56. The predicted molar refractivity (Wildman–Crippen MR) is 107 cm³/mol. The monoisotopic (exact) mass is 322 g/mol. The van der Waals surface area contributed by atoms with Gasteiger partial charge >= 0.3 is 0 Å². The molecule has 2 rings (SSSR count). The first-order valence-corrected chi connectivity index (χ1v) is 9.15. The van der Waals surface area contributed by atoms with E-state index in [9.17, 15) is 0 Å². The maximum atomic E-state index is 2.40. The normalized spacial score (nSPS) is 13.1. The van der Waals surface area contributed by atoms with E-state index in [1.165, 1.54) is 23.1 Å². The lowest BCUT2D eigenvalue weighted by Crippen LogP contribution is -2.30. The van der Waals surface area contributed by atoms with Gasteiger partial charge in [-0.2, -0.15) is 0 Å². The zero-order chi connectivity index (χ0) is 18.0. The van der Waals surface area contributed by atoms with Crippen molar-refractivity contribution in [2.45, 2.75) is 72.1 Å². The molecule has 0 saturated heterocycles. The molecular formula is C24H34. The molecule has 0 aliphatic carbocycles. The topological polar surface area (TPSA) is 0 Å². The minimum Gasteiger partial charge on any atom is -0.0622 e. The highest BCUT2D eigenvalue weighted by Gasteiger charge is 2.33. The van der Waals surface area contributed by atoms with E-state index in [4.69, 9.17) is 0 Å². The summed E-state index contributed by atoms with van der Waals surface area (Å²) in [5, 5.41) is 0. The molecule has 24 heavy (non-hydrogen) atoms. The lowest BCUT2D eigenvalue weighted by atomic mass is 9.67. The van der Waals surface area contributed by atoms with Crippen LogP contribution in [0.3, 0.4) is 0 Å². The van der Waals surface area contributed by atoms with Gasteiger partial charge in [0.1, 0.15) is 0 Å². The molecule has 0 atom stereocenters. The molecule has 0 heterocycles. The van der Waals surface area contributed by atoms with E-state index >= 15 is 0 Å². The number of hydrogen-bond acceptors (Lipinski definition) is 0. The largest absolute Gasteiger partial charge is 0.0622 e. The fourth-order valence-corrected chi connectivity index (χ4v) is 4.29. The third-order valence-corrected chi connectivity index (χ3v) is 4.85. The fourth-order valence-electron chi connectivity index (χ4n) is 4.29. The Balaban J connectivity index is 2.40. The van der Waals surface area contributed by atoms with Crippen LogP contribution in [0.15, 0.2) is 54.6 Å². The molecule has 0 radical (unpaired) electrons. The Morgan fingerprint density at radius 1 is 0.583 bits per heavy atom. The van der Waals surface area contributed by atoms with Crippen LogP contribution in [-0.4, -0.2) is 0 Å². The van der Waals surface area contributed by atoms with Crippen molar-refractivity contribution in [3.63, 3.8) is 0 Å². The highest BCUT2D eigenvalue weighted by atomic mass is 14.4. The van der Waals surface area contributed by atoms with Gasteiger partial charge in [-0.15, -0.1) is 0 Å². The molecule has 0 bridgehead atoms. The van der Waals surface area contributed by atoms with E-state index in [0.29, 0.717) is 5.41 Å². The van der Waals surface area contributed by atoms with Crippen molar-refractivity contribution in [3.05, 3.63) is 71.3 Å². The number of benzene rings is 2. The highest BCUT2D eigenvalue weighted by molar-refractivity contribution is 5.40. The molecule has 0 nitrogen and oxygen atoms in total. The third-order valence-electron chi connectivity index (χ3n) is 4.85. The van der Waals surface area contributed by atoms with Gasteiger partial charge in [-0.25, -0.2) is 0 Å². The van der Waals surface area contributed by atoms with E-state index < -0.39 is 0 Å². The fraction of sp³-hybridized carbons (Fsp3) is 0.500. The summed E-state index contributed by atoms with van der Waals surface area (Å²) in [6.45, 7) is 16.6. The minimum absolute atomic E-state index is 0.118. The van der Waals surface area contributed by atoms with Crippen LogP contribution in [-0.2, 0) is 17.3 Å². The van der Waals surface area contributed by atoms with Crippen LogP contribution < -0.4 is 0 Å². The first-order chi connectivity index (χ1) is 11.0. The van der Waals surface area contributed by atoms with Crippen LogP contribution >= 0.6 is 0 Å². The highest BCUT2D eigenvalue weighted by Crippen LogP contribution is 2.41. The molecule has 2 aromatic carbocycles. The van der Waals surface area contributed by atoms with Gasteiger partial charge in [0.2, 0.25) is 0 Å². The summed E-state index contributed by atoms with van der Waals surface area (Å²) in [7, 11) is 0. The van der Waals surface area contributed by atoms with Gasteiger partial charge in [0.05, 0.1) is 0 Å². The van der Waals surface area contributed by atoms with Crippen molar-refractivity contribution < 1.29 is 0 Å². The van der Waals surface area contributed by atoms with E-state index in [-0.39, 0.29) is 10.8 Å². The van der Waals surface area contributed by atoms with Crippen molar-refractivity contribution >= 4 is 0 Å². The Kier molecular flexibility index (Phi) is 5.28. The van der Waals surface area contributed by atoms with Crippen LogP contribution in [0.2, 0.25) is 0 Å². The van der Waals surface area contributed by atoms with E-state index in [2.05, 4.69) is 103 Å². The van der Waals surface area contributed by atoms with E-state index in [1.54, 1.807) is 0 Å². The molecule has 0 heteroatoms. The molecule has 0 fully saturated rings. The maximum Gasteiger partial charge on any atom is -0.00603 e. The smallest absolute Gasteiger partial charge is 0.00603 e. The lowest BCUT2D eigenvalue weighted by molar-refractivity contribution is 0.280. The van der Waals surface area contributed by atoms with E-state index in [1.807, 2.05) is 0 Å². The van der Waals surface area contributed by atoms with Gasteiger partial charge in [0, 0.05) is 0 Å². The number of rotatable bonds is 5. The summed E-state index contributed by atoms with van der Waals surface area (Å²) >= 11 is 0. The molecule has 0 N–H and O–H groups in total. The van der Waals surface area contributed by atoms with Crippen LogP contribution in [0.5, 0.6) is 0 Å². The second kappa shape index (κ2) is 6.75. The zero-order valence-corrected chi connectivity index (χ0v) is 16.6. The average Bonchev–Trinajstić information content (AvgIpc) is 2.45. The second-order valence-electron chi connectivity index (χ2n) is 9.71. The molecule has 0 unspecified atom stereocenters. The third kappa shape index (κ3) is 4.72. The van der Waals surface area contributed by atoms with Gasteiger partial charge in [0.15, 0.2) is 0 Å².